The molecule has 2 rings (SSSR count). The number of hydrogen-bond acceptors (Lipinski definition) is 3. The van der Waals surface area contributed by atoms with E-state index >= 15 is 0 Å². The van der Waals surface area contributed by atoms with Crippen LogP contribution in [-0.2, 0) is 4.79 Å². The van der Waals surface area contributed by atoms with Gasteiger partial charge in [-0.25, -0.2) is 0 Å². The average molecular weight is 271 g/mol. The van der Waals surface area contributed by atoms with Crippen molar-refractivity contribution in [3.05, 3.63) is 29.3 Å². The van der Waals surface area contributed by atoms with Crippen LogP contribution in [0.3, 0.4) is 0 Å². The molecule has 1 aromatic carbocycles. The van der Waals surface area contributed by atoms with E-state index in [1.54, 1.807) is 12.1 Å². The molecule has 0 unspecified atom stereocenters. The number of nitrogens with two attached hydrogens (primary N) is 1. The monoisotopic (exact) mass is 271 g/mol. The van der Waals surface area contributed by atoms with Crippen LogP contribution in [0.4, 0.5) is 5.69 Å². The summed E-state index contributed by atoms with van der Waals surface area (Å²) in [6.07, 6.45) is 5.00. The van der Waals surface area contributed by atoms with E-state index in [-0.39, 0.29) is 5.91 Å². The van der Waals surface area contributed by atoms with E-state index in [1.807, 2.05) is 13.0 Å². The lowest BCUT2D eigenvalue weighted by Gasteiger charge is -2.34. The first-order valence-corrected chi connectivity index (χ1v) is 7.13. The van der Waals surface area contributed by atoms with Crippen molar-refractivity contribution in [2.24, 2.45) is 11.1 Å². The van der Waals surface area contributed by atoms with Crippen molar-refractivity contribution >= 4 is 11.6 Å². The third-order valence-electron chi connectivity index (χ3n) is 4.30. The molecule has 1 aromatic rings. The van der Waals surface area contributed by atoms with Gasteiger partial charge in [-0.2, -0.15) is 5.26 Å². The van der Waals surface area contributed by atoms with E-state index in [9.17, 15) is 4.79 Å². The van der Waals surface area contributed by atoms with Crippen LogP contribution in [0.25, 0.3) is 0 Å². The molecule has 4 heteroatoms. The average Bonchev–Trinajstić information content (AvgIpc) is 2.50. The number of carbonyl (C=O) groups is 1. The molecule has 1 fully saturated rings. The number of rotatable bonds is 3. The van der Waals surface area contributed by atoms with Gasteiger partial charge in [-0.1, -0.05) is 25.3 Å². The highest BCUT2D eigenvalue weighted by atomic mass is 16.2. The van der Waals surface area contributed by atoms with Gasteiger partial charge in [-0.05, 0) is 37.5 Å². The van der Waals surface area contributed by atoms with Gasteiger partial charge in [-0.15, -0.1) is 0 Å². The molecule has 0 radical (unpaired) electrons. The Hall–Kier alpha value is -1.86. The second-order valence-corrected chi connectivity index (χ2v) is 5.64. The number of nitrogens with one attached hydrogen (secondary N) is 1. The van der Waals surface area contributed by atoms with Crippen LogP contribution in [-0.4, -0.2) is 12.5 Å². The number of carbonyl (C=O) groups excluding carboxylic acids is 1. The number of nitrogens with zero attached hydrogens (tertiary/aromatic N) is 1. The Labute approximate surface area is 120 Å². The minimum Gasteiger partial charge on any atom is -0.329 e. The fourth-order valence-electron chi connectivity index (χ4n) is 2.83. The summed E-state index contributed by atoms with van der Waals surface area (Å²) in [7, 11) is 0. The zero-order valence-electron chi connectivity index (χ0n) is 11.9. The standard InChI is InChI=1S/C16H21N3O/c1-12-5-6-13(10-17)9-14(12)19-15(20)16(11-18)7-3-2-4-8-16/h5-6,9H,2-4,7-8,11,18H2,1H3,(H,19,20). The predicted octanol–water partition coefficient (Wildman–Crippen LogP) is 2.71. The molecule has 4 nitrogen and oxygen atoms in total. The highest BCUT2D eigenvalue weighted by Crippen LogP contribution is 2.36. The minimum atomic E-state index is -0.437. The van der Waals surface area contributed by atoms with E-state index in [2.05, 4.69) is 11.4 Å². The molecule has 1 amide bonds. The summed E-state index contributed by atoms with van der Waals surface area (Å²) in [4.78, 5) is 12.6. The van der Waals surface area contributed by atoms with Gasteiger partial charge in [0.1, 0.15) is 0 Å². The van der Waals surface area contributed by atoms with Crippen molar-refractivity contribution in [1.29, 1.82) is 5.26 Å². The Bertz CT molecular complexity index is 539. The summed E-state index contributed by atoms with van der Waals surface area (Å²) < 4.78 is 0. The molecule has 1 aliphatic rings. The number of benzene rings is 1. The van der Waals surface area contributed by atoms with Crippen LogP contribution in [0.2, 0.25) is 0 Å². The van der Waals surface area contributed by atoms with E-state index < -0.39 is 5.41 Å². The van der Waals surface area contributed by atoms with Gasteiger partial charge in [0.05, 0.1) is 17.0 Å². The highest BCUT2D eigenvalue weighted by molar-refractivity contribution is 5.96. The van der Waals surface area contributed by atoms with Crippen molar-refractivity contribution in [2.75, 3.05) is 11.9 Å². The van der Waals surface area contributed by atoms with E-state index in [4.69, 9.17) is 11.0 Å². The Kier molecular flexibility index (Phi) is 4.41. The minimum absolute atomic E-state index is 0.00195. The van der Waals surface area contributed by atoms with E-state index in [0.29, 0.717) is 17.8 Å². The smallest absolute Gasteiger partial charge is 0.231 e. The van der Waals surface area contributed by atoms with Crippen molar-refractivity contribution in [2.45, 2.75) is 39.0 Å². The van der Waals surface area contributed by atoms with Crippen molar-refractivity contribution in [3.63, 3.8) is 0 Å². The summed E-state index contributed by atoms with van der Waals surface area (Å²) in [5.74, 6) is -0.00195. The zero-order chi connectivity index (χ0) is 14.6. The maximum Gasteiger partial charge on any atom is 0.231 e. The second kappa shape index (κ2) is 6.06. The summed E-state index contributed by atoms with van der Waals surface area (Å²) in [5.41, 5.74) is 7.66. The zero-order valence-corrected chi connectivity index (χ0v) is 11.9. The Morgan fingerprint density at radius 3 is 2.70 bits per heavy atom. The molecule has 0 aliphatic heterocycles. The lowest BCUT2D eigenvalue weighted by molar-refractivity contribution is -0.126. The van der Waals surface area contributed by atoms with Gasteiger partial charge >= 0.3 is 0 Å². The van der Waals surface area contributed by atoms with E-state index in [0.717, 1.165) is 31.2 Å². The molecular formula is C16H21N3O. The lowest BCUT2D eigenvalue weighted by atomic mass is 9.73. The van der Waals surface area contributed by atoms with Gasteiger partial charge in [0, 0.05) is 12.2 Å². The molecule has 0 atom stereocenters. The van der Waals surface area contributed by atoms with Crippen LogP contribution in [0.15, 0.2) is 18.2 Å². The van der Waals surface area contributed by atoms with Crippen LogP contribution in [0, 0.1) is 23.7 Å². The first-order valence-electron chi connectivity index (χ1n) is 7.13. The van der Waals surface area contributed by atoms with Crippen LogP contribution >= 0.6 is 0 Å². The van der Waals surface area contributed by atoms with E-state index in [1.165, 1.54) is 6.42 Å². The van der Waals surface area contributed by atoms with Gasteiger partial charge in [0.2, 0.25) is 5.91 Å². The van der Waals surface area contributed by atoms with Crippen LogP contribution < -0.4 is 11.1 Å². The fraction of sp³-hybridized carbons (Fsp3) is 0.500. The molecule has 0 aromatic heterocycles. The van der Waals surface area contributed by atoms with Gasteiger partial charge in [0.25, 0.3) is 0 Å². The summed E-state index contributed by atoms with van der Waals surface area (Å²) >= 11 is 0. The molecule has 1 saturated carbocycles. The maximum absolute atomic E-state index is 12.6. The third-order valence-corrected chi connectivity index (χ3v) is 4.30. The fourth-order valence-corrected chi connectivity index (χ4v) is 2.83. The van der Waals surface area contributed by atoms with Crippen molar-refractivity contribution < 1.29 is 4.79 Å². The highest BCUT2D eigenvalue weighted by Gasteiger charge is 2.38. The van der Waals surface area contributed by atoms with Gasteiger partial charge in [-0.3, -0.25) is 4.79 Å². The predicted molar refractivity (Wildman–Crippen MR) is 79.1 cm³/mol. The van der Waals surface area contributed by atoms with Crippen LogP contribution in [0.5, 0.6) is 0 Å². The van der Waals surface area contributed by atoms with Crippen molar-refractivity contribution in [1.82, 2.24) is 0 Å². The molecule has 3 N–H and O–H groups in total. The summed E-state index contributed by atoms with van der Waals surface area (Å²) in [6, 6.07) is 7.42. The Morgan fingerprint density at radius 1 is 1.40 bits per heavy atom. The molecule has 0 heterocycles. The third kappa shape index (κ3) is 2.83. The topological polar surface area (TPSA) is 78.9 Å². The summed E-state index contributed by atoms with van der Waals surface area (Å²) in [6.45, 7) is 2.31. The molecule has 0 bridgehead atoms. The molecule has 0 spiro atoms. The SMILES string of the molecule is Cc1ccc(C#N)cc1NC(=O)C1(CN)CCCCC1. The van der Waals surface area contributed by atoms with Gasteiger partial charge < -0.3 is 11.1 Å². The Morgan fingerprint density at radius 2 is 2.10 bits per heavy atom. The number of nitriles is 1. The molecule has 106 valence electrons. The van der Waals surface area contributed by atoms with Crippen LogP contribution in [0.1, 0.15) is 43.2 Å². The van der Waals surface area contributed by atoms with Gasteiger partial charge in [0.15, 0.2) is 0 Å². The molecule has 20 heavy (non-hydrogen) atoms. The molecule has 0 saturated heterocycles. The van der Waals surface area contributed by atoms with Crippen molar-refractivity contribution in [3.8, 4) is 6.07 Å². The number of anilines is 1. The first-order chi connectivity index (χ1) is 9.61. The number of aryl methyl sites for hydroxylation is 1. The quantitative estimate of drug-likeness (QED) is 0.887. The summed E-state index contributed by atoms with van der Waals surface area (Å²) in [5, 5.41) is 11.9. The Balaban J connectivity index is 2.20. The number of hydrogen-bond donors (Lipinski definition) is 2. The lowest BCUT2D eigenvalue weighted by Crippen LogP contribution is -2.43. The number of amides is 1. The first kappa shape index (κ1) is 14.5. The largest absolute Gasteiger partial charge is 0.329 e. The maximum atomic E-state index is 12.6. The molecule has 1 aliphatic carbocycles. The normalized spacial score (nSPS) is 17.2. The second-order valence-electron chi connectivity index (χ2n) is 5.64. The molecular weight excluding hydrogens is 250 g/mol.